The van der Waals surface area contributed by atoms with Crippen LogP contribution < -0.4 is 0 Å². The standard InChI is InChI=1S/C16H20F2NO4/c1-15(2,3)23-13(20)8-11(14(21)22)7-10-5-6-12(19-9-10)16(4,17)18/h5-7,9,11H,8H2,1-4H3,(H,21,22)/t11-/m1/s1. The molecule has 1 N–H and O–H groups in total. The van der Waals surface area contributed by atoms with Crippen LogP contribution in [-0.4, -0.2) is 27.6 Å². The second kappa shape index (κ2) is 7.02. The van der Waals surface area contributed by atoms with Gasteiger partial charge in [-0.25, -0.2) is 0 Å². The maximum Gasteiger partial charge on any atom is 0.307 e. The van der Waals surface area contributed by atoms with Gasteiger partial charge in [-0.2, -0.15) is 8.78 Å². The minimum Gasteiger partial charge on any atom is -0.481 e. The van der Waals surface area contributed by atoms with E-state index in [1.165, 1.54) is 12.5 Å². The van der Waals surface area contributed by atoms with E-state index in [1.54, 1.807) is 20.8 Å². The molecule has 0 fully saturated rings. The second-order valence-electron chi connectivity index (χ2n) is 6.27. The van der Waals surface area contributed by atoms with Crippen molar-refractivity contribution in [1.82, 2.24) is 4.98 Å². The van der Waals surface area contributed by atoms with Crippen molar-refractivity contribution in [1.29, 1.82) is 0 Å². The average molecular weight is 328 g/mol. The summed E-state index contributed by atoms with van der Waals surface area (Å²) >= 11 is 0. The molecule has 0 aromatic carbocycles. The number of rotatable bonds is 6. The SMILES string of the molecule is CC(C)(C)OC(=O)C[C@@H]([CH]c1ccc(C(C)(F)F)nc1)C(=O)O. The topological polar surface area (TPSA) is 76.5 Å². The van der Waals surface area contributed by atoms with Crippen LogP contribution in [0.2, 0.25) is 0 Å². The van der Waals surface area contributed by atoms with Gasteiger partial charge in [0.25, 0.3) is 5.92 Å². The molecule has 0 saturated heterocycles. The van der Waals surface area contributed by atoms with Crippen LogP contribution in [0.3, 0.4) is 0 Å². The van der Waals surface area contributed by atoms with Gasteiger partial charge in [0.2, 0.25) is 0 Å². The summed E-state index contributed by atoms with van der Waals surface area (Å²) < 4.78 is 31.2. The van der Waals surface area contributed by atoms with E-state index >= 15 is 0 Å². The van der Waals surface area contributed by atoms with Gasteiger partial charge in [-0.05, 0) is 32.4 Å². The van der Waals surface area contributed by atoms with E-state index in [9.17, 15) is 23.5 Å². The fourth-order valence-electron chi connectivity index (χ4n) is 1.78. The Hall–Kier alpha value is -2.05. The number of nitrogens with zero attached hydrogens (tertiary/aromatic N) is 1. The van der Waals surface area contributed by atoms with Crippen molar-refractivity contribution >= 4 is 11.9 Å². The van der Waals surface area contributed by atoms with E-state index in [0.717, 1.165) is 19.2 Å². The Kier molecular flexibility index (Phi) is 5.80. The number of hydrogen-bond acceptors (Lipinski definition) is 4. The molecule has 23 heavy (non-hydrogen) atoms. The van der Waals surface area contributed by atoms with Crippen LogP contribution in [0.5, 0.6) is 0 Å². The average Bonchev–Trinajstić information content (AvgIpc) is 2.35. The van der Waals surface area contributed by atoms with Crippen molar-refractivity contribution in [3.8, 4) is 0 Å². The molecule has 7 heteroatoms. The third kappa shape index (κ3) is 6.71. The predicted octanol–water partition coefficient (Wildman–Crippen LogP) is 3.18. The van der Waals surface area contributed by atoms with Gasteiger partial charge in [-0.3, -0.25) is 14.6 Å². The molecular weight excluding hydrogens is 308 g/mol. The number of carboxylic acids is 1. The largest absolute Gasteiger partial charge is 0.481 e. The van der Waals surface area contributed by atoms with Crippen LogP contribution in [0.1, 0.15) is 45.4 Å². The molecule has 127 valence electrons. The highest BCUT2D eigenvalue weighted by atomic mass is 19.3. The lowest BCUT2D eigenvalue weighted by Crippen LogP contribution is -2.27. The molecule has 0 bridgehead atoms. The second-order valence-corrected chi connectivity index (χ2v) is 6.27. The van der Waals surface area contributed by atoms with Crippen LogP contribution in [-0.2, 0) is 20.2 Å². The fraction of sp³-hybridized carbons (Fsp3) is 0.500. The highest BCUT2D eigenvalue weighted by Crippen LogP contribution is 2.25. The van der Waals surface area contributed by atoms with Crippen LogP contribution in [0, 0.1) is 12.3 Å². The summed E-state index contributed by atoms with van der Waals surface area (Å²) in [7, 11) is 0. The molecular formula is C16H20F2NO4. The number of aliphatic carboxylic acids is 1. The van der Waals surface area contributed by atoms with Gasteiger partial charge in [0, 0.05) is 19.5 Å². The smallest absolute Gasteiger partial charge is 0.307 e. The quantitative estimate of drug-likeness (QED) is 0.812. The molecule has 1 rings (SSSR count). The van der Waals surface area contributed by atoms with Gasteiger partial charge in [-0.1, -0.05) is 6.07 Å². The normalized spacial score (nSPS) is 13.5. The third-order valence-corrected chi connectivity index (χ3v) is 2.75. The van der Waals surface area contributed by atoms with Gasteiger partial charge in [0.15, 0.2) is 0 Å². The number of ether oxygens (including phenoxy) is 1. The zero-order chi connectivity index (χ0) is 17.8. The van der Waals surface area contributed by atoms with Crippen LogP contribution in [0.15, 0.2) is 18.3 Å². The molecule has 0 aliphatic carbocycles. The zero-order valence-electron chi connectivity index (χ0n) is 13.5. The molecule has 0 aliphatic heterocycles. The molecule has 0 amide bonds. The Morgan fingerprint density at radius 3 is 2.30 bits per heavy atom. The fourth-order valence-corrected chi connectivity index (χ4v) is 1.78. The number of esters is 1. The van der Waals surface area contributed by atoms with Gasteiger partial charge >= 0.3 is 11.9 Å². The van der Waals surface area contributed by atoms with Gasteiger partial charge in [0.05, 0.1) is 12.3 Å². The van der Waals surface area contributed by atoms with Crippen molar-refractivity contribution < 1.29 is 28.2 Å². The Bertz CT molecular complexity index is 559. The molecule has 1 aromatic heterocycles. The minimum absolute atomic E-state index is 0.342. The number of carboxylic acid groups (broad SMARTS) is 1. The van der Waals surface area contributed by atoms with E-state index in [0.29, 0.717) is 5.56 Å². The van der Waals surface area contributed by atoms with E-state index in [1.807, 2.05) is 0 Å². The number of pyridine rings is 1. The molecule has 1 radical (unpaired) electrons. The lowest BCUT2D eigenvalue weighted by Gasteiger charge is -2.21. The van der Waals surface area contributed by atoms with Gasteiger partial charge in [-0.15, -0.1) is 0 Å². The molecule has 1 atom stereocenters. The first-order valence-corrected chi connectivity index (χ1v) is 7.02. The summed E-state index contributed by atoms with van der Waals surface area (Å²) in [5.74, 6) is -6.05. The predicted molar refractivity (Wildman–Crippen MR) is 78.8 cm³/mol. The first-order valence-electron chi connectivity index (χ1n) is 7.02. The molecule has 0 unspecified atom stereocenters. The molecule has 1 heterocycles. The van der Waals surface area contributed by atoms with E-state index in [2.05, 4.69) is 4.98 Å². The van der Waals surface area contributed by atoms with Crippen LogP contribution >= 0.6 is 0 Å². The van der Waals surface area contributed by atoms with Gasteiger partial charge < -0.3 is 9.84 Å². The number of carbonyl (C=O) groups is 2. The first-order chi connectivity index (χ1) is 10.4. The molecule has 0 saturated carbocycles. The summed E-state index contributed by atoms with van der Waals surface area (Å²) in [6.45, 7) is 5.76. The van der Waals surface area contributed by atoms with Crippen molar-refractivity contribution in [2.75, 3.05) is 0 Å². The molecule has 0 aliphatic rings. The van der Waals surface area contributed by atoms with Crippen molar-refractivity contribution in [2.24, 2.45) is 5.92 Å². The summed E-state index contributed by atoms with van der Waals surface area (Å²) in [6.07, 6.45) is 2.09. The maximum absolute atomic E-state index is 13.1. The summed E-state index contributed by atoms with van der Waals surface area (Å²) in [6, 6.07) is 2.46. The monoisotopic (exact) mass is 328 g/mol. The number of carbonyl (C=O) groups excluding carboxylic acids is 1. The lowest BCUT2D eigenvalue weighted by molar-refractivity contribution is -0.159. The molecule has 0 spiro atoms. The van der Waals surface area contributed by atoms with Crippen molar-refractivity contribution in [3.05, 3.63) is 36.0 Å². The Morgan fingerprint density at radius 2 is 1.91 bits per heavy atom. The Balaban J connectivity index is 2.77. The summed E-state index contributed by atoms with van der Waals surface area (Å²) in [4.78, 5) is 26.6. The zero-order valence-corrected chi connectivity index (χ0v) is 13.5. The number of halogens is 2. The number of alkyl halides is 2. The molecule has 1 aromatic rings. The summed E-state index contributed by atoms with van der Waals surface area (Å²) in [5, 5.41) is 9.19. The first kappa shape index (κ1) is 19.0. The molecule has 5 nitrogen and oxygen atoms in total. The Labute approximate surface area is 133 Å². The number of aromatic nitrogens is 1. The van der Waals surface area contributed by atoms with Gasteiger partial charge in [0.1, 0.15) is 11.3 Å². The highest BCUT2D eigenvalue weighted by molar-refractivity contribution is 5.80. The third-order valence-electron chi connectivity index (χ3n) is 2.75. The van der Waals surface area contributed by atoms with Crippen LogP contribution in [0.4, 0.5) is 8.78 Å². The Morgan fingerprint density at radius 1 is 1.30 bits per heavy atom. The van der Waals surface area contributed by atoms with E-state index in [-0.39, 0.29) is 6.42 Å². The van der Waals surface area contributed by atoms with Crippen LogP contribution in [0.25, 0.3) is 0 Å². The lowest BCUT2D eigenvalue weighted by atomic mass is 9.97. The number of hydrogen-bond donors (Lipinski definition) is 1. The minimum atomic E-state index is -3.07. The summed E-state index contributed by atoms with van der Waals surface area (Å²) in [5.41, 5.74) is -0.779. The van der Waals surface area contributed by atoms with Crippen molar-refractivity contribution in [2.45, 2.75) is 45.6 Å². The maximum atomic E-state index is 13.1. The van der Waals surface area contributed by atoms with E-state index in [4.69, 9.17) is 4.74 Å². The van der Waals surface area contributed by atoms with Crippen molar-refractivity contribution in [3.63, 3.8) is 0 Å². The highest BCUT2D eigenvalue weighted by Gasteiger charge is 2.28. The van der Waals surface area contributed by atoms with E-state index < -0.39 is 35.1 Å².